The zero-order valence-corrected chi connectivity index (χ0v) is 15.5. The van der Waals surface area contributed by atoms with Gasteiger partial charge in [0.15, 0.2) is 17.3 Å². The van der Waals surface area contributed by atoms with Crippen LogP contribution in [0.5, 0.6) is 0 Å². The zero-order chi connectivity index (χ0) is 20.8. The summed E-state index contributed by atoms with van der Waals surface area (Å²) >= 11 is 0. The van der Waals surface area contributed by atoms with Gasteiger partial charge in [-0.2, -0.15) is 13.2 Å². The van der Waals surface area contributed by atoms with Crippen LogP contribution in [0.25, 0.3) is 0 Å². The van der Waals surface area contributed by atoms with Gasteiger partial charge in [0, 0.05) is 24.0 Å². The summed E-state index contributed by atoms with van der Waals surface area (Å²) < 4.78 is 50.1. The number of alkyl halides is 3. The van der Waals surface area contributed by atoms with Gasteiger partial charge in [-0.15, -0.1) is 0 Å². The number of rotatable bonds is 5. The van der Waals surface area contributed by atoms with E-state index in [-0.39, 0.29) is 35.8 Å². The van der Waals surface area contributed by atoms with Gasteiger partial charge in [0.05, 0.1) is 25.0 Å². The number of aromatic nitrogens is 1. The number of carbonyl (C=O) groups excluding carboxylic acids is 3. The van der Waals surface area contributed by atoms with Crippen molar-refractivity contribution in [1.29, 1.82) is 0 Å². The van der Waals surface area contributed by atoms with Gasteiger partial charge in [0.1, 0.15) is 11.6 Å². The van der Waals surface area contributed by atoms with E-state index in [1.807, 2.05) is 0 Å². The summed E-state index contributed by atoms with van der Waals surface area (Å²) in [5.41, 5.74) is -1.53. The van der Waals surface area contributed by atoms with Crippen LogP contribution >= 0.6 is 0 Å². The molecule has 2 heterocycles. The Kier molecular flexibility index (Phi) is 5.29. The summed E-state index contributed by atoms with van der Waals surface area (Å²) in [6.45, 7) is 0.465. The topological polar surface area (TPSA) is 82.6 Å². The smallest absolute Gasteiger partial charge is 0.379 e. The molecular formula is C20H20F3NO5. The molecule has 3 atom stereocenters. The van der Waals surface area contributed by atoms with Crippen LogP contribution in [0.2, 0.25) is 0 Å². The third kappa shape index (κ3) is 3.85. The van der Waals surface area contributed by atoms with E-state index in [1.54, 1.807) is 0 Å². The lowest BCUT2D eigenvalue weighted by Crippen LogP contribution is -2.42. The Morgan fingerprint density at radius 1 is 1.14 bits per heavy atom. The van der Waals surface area contributed by atoms with Gasteiger partial charge in [0.2, 0.25) is 0 Å². The van der Waals surface area contributed by atoms with Gasteiger partial charge >= 0.3 is 6.18 Å². The van der Waals surface area contributed by atoms with Gasteiger partial charge in [0.25, 0.3) is 0 Å². The highest BCUT2D eigenvalue weighted by Crippen LogP contribution is 2.41. The minimum atomic E-state index is -4.69. The van der Waals surface area contributed by atoms with Gasteiger partial charge in [-0.05, 0) is 37.8 Å². The Balaban J connectivity index is 1.64. The summed E-state index contributed by atoms with van der Waals surface area (Å²) in [5, 5.41) is 0. The maximum absolute atomic E-state index is 13.1. The van der Waals surface area contributed by atoms with E-state index < -0.39 is 35.1 Å². The minimum Gasteiger partial charge on any atom is -0.379 e. The summed E-state index contributed by atoms with van der Waals surface area (Å²) in [6, 6.07) is 1.70. The van der Waals surface area contributed by atoms with Crippen LogP contribution in [0.1, 0.15) is 47.4 Å². The van der Waals surface area contributed by atoms with E-state index in [4.69, 9.17) is 9.47 Å². The molecule has 9 heteroatoms. The summed E-state index contributed by atoms with van der Waals surface area (Å²) in [6.07, 6.45) is -2.80. The number of ether oxygens (including phenoxy) is 2. The quantitative estimate of drug-likeness (QED) is 0.547. The maximum atomic E-state index is 13.1. The lowest BCUT2D eigenvalue weighted by atomic mass is 9.75. The second-order valence-electron chi connectivity index (χ2n) is 7.79. The Hall–Kier alpha value is -2.13. The molecule has 2 aliphatic carbocycles. The zero-order valence-electron chi connectivity index (χ0n) is 15.5. The van der Waals surface area contributed by atoms with E-state index in [0.29, 0.717) is 45.0 Å². The van der Waals surface area contributed by atoms with E-state index in [0.717, 1.165) is 6.07 Å². The lowest BCUT2D eigenvalue weighted by Gasteiger charge is -2.25. The number of nitrogens with zero attached hydrogens (tertiary/aromatic N) is 1. The molecule has 3 fully saturated rings. The average molecular weight is 411 g/mol. The second-order valence-corrected chi connectivity index (χ2v) is 7.79. The average Bonchev–Trinajstić information content (AvgIpc) is 3.35. The summed E-state index contributed by atoms with van der Waals surface area (Å²) in [5.74, 6) is -3.74. The standard InChI is InChI=1S/C20H20F3NO5/c21-20(22,23)15-4-3-13(14(24-15)9-29-12-5-6-28-8-12)19(27)16-17(25)10-1-2-11(7-10)18(16)26/h3-4,10-12,16H,1-2,5-9H2. The Bertz CT molecular complexity index is 825. The number of hydrogen-bond acceptors (Lipinski definition) is 6. The number of Topliss-reactive ketones (excluding diaryl/α,β-unsaturated/α-hetero) is 3. The molecular weight excluding hydrogens is 391 g/mol. The monoisotopic (exact) mass is 411 g/mol. The normalized spacial score (nSPS) is 29.5. The molecule has 0 N–H and O–H groups in total. The predicted octanol–water partition coefficient (Wildman–Crippen LogP) is 2.77. The highest BCUT2D eigenvalue weighted by Gasteiger charge is 2.50. The van der Waals surface area contributed by atoms with Gasteiger partial charge in [-0.25, -0.2) is 4.98 Å². The van der Waals surface area contributed by atoms with Crippen molar-refractivity contribution in [3.63, 3.8) is 0 Å². The van der Waals surface area contributed by atoms with Crippen molar-refractivity contribution in [2.45, 2.75) is 44.6 Å². The predicted molar refractivity (Wildman–Crippen MR) is 91.9 cm³/mol. The van der Waals surface area contributed by atoms with Crippen molar-refractivity contribution >= 4 is 17.3 Å². The first-order valence-corrected chi connectivity index (χ1v) is 9.64. The van der Waals surface area contributed by atoms with Crippen molar-refractivity contribution in [3.8, 4) is 0 Å². The van der Waals surface area contributed by atoms with Crippen LogP contribution in [-0.4, -0.2) is 41.7 Å². The third-order valence-corrected chi connectivity index (χ3v) is 5.94. The maximum Gasteiger partial charge on any atom is 0.433 e. The van der Waals surface area contributed by atoms with Crippen LogP contribution in [0, 0.1) is 17.8 Å². The molecule has 156 valence electrons. The fourth-order valence-corrected chi connectivity index (χ4v) is 4.36. The molecule has 4 rings (SSSR count). The molecule has 0 aromatic carbocycles. The highest BCUT2D eigenvalue weighted by molar-refractivity contribution is 6.26. The van der Waals surface area contributed by atoms with Crippen LogP contribution in [0.15, 0.2) is 12.1 Å². The first kappa shape index (κ1) is 20.2. The SMILES string of the molecule is O=C(c1ccc(C(F)(F)F)nc1COC1CCOC1)C1C(=O)C2CCC(C2)C1=O. The van der Waals surface area contributed by atoms with Gasteiger partial charge in [-0.3, -0.25) is 14.4 Å². The molecule has 2 bridgehead atoms. The van der Waals surface area contributed by atoms with E-state index in [1.165, 1.54) is 0 Å². The highest BCUT2D eigenvalue weighted by atomic mass is 19.4. The summed E-state index contributed by atoms with van der Waals surface area (Å²) in [4.78, 5) is 41.9. The summed E-state index contributed by atoms with van der Waals surface area (Å²) in [7, 11) is 0. The third-order valence-electron chi connectivity index (χ3n) is 5.94. The first-order chi connectivity index (χ1) is 13.8. The van der Waals surface area contributed by atoms with Crippen LogP contribution in [0.3, 0.4) is 0 Å². The van der Waals surface area contributed by atoms with Crippen LogP contribution in [0.4, 0.5) is 13.2 Å². The Morgan fingerprint density at radius 2 is 1.83 bits per heavy atom. The van der Waals surface area contributed by atoms with Crippen LogP contribution < -0.4 is 0 Å². The minimum absolute atomic E-state index is 0.162. The number of carbonyl (C=O) groups is 3. The molecule has 3 unspecified atom stereocenters. The molecule has 1 aliphatic heterocycles. The second kappa shape index (κ2) is 7.60. The van der Waals surface area contributed by atoms with Gasteiger partial charge < -0.3 is 9.47 Å². The number of halogens is 3. The van der Waals surface area contributed by atoms with Crippen LogP contribution in [-0.2, 0) is 31.8 Å². The fraction of sp³-hybridized carbons (Fsp3) is 0.600. The first-order valence-electron chi connectivity index (χ1n) is 9.64. The molecule has 1 aromatic rings. The molecule has 6 nitrogen and oxygen atoms in total. The van der Waals surface area contributed by atoms with Crippen molar-refractivity contribution in [1.82, 2.24) is 4.98 Å². The molecule has 1 aromatic heterocycles. The number of fused-ring (bicyclic) bond motifs is 2. The molecule has 0 spiro atoms. The van der Waals surface area contributed by atoms with E-state index in [2.05, 4.69) is 4.98 Å². The lowest BCUT2D eigenvalue weighted by molar-refractivity contribution is -0.141. The molecule has 29 heavy (non-hydrogen) atoms. The Labute approximate surface area is 164 Å². The molecule has 1 saturated heterocycles. The van der Waals surface area contributed by atoms with Crippen molar-refractivity contribution in [2.75, 3.05) is 13.2 Å². The Morgan fingerprint density at radius 3 is 2.41 bits per heavy atom. The van der Waals surface area contributed by atoms with Crippen molar-refractivity contribution in [2.24, 2.45) is 17.8 Å². The van der Waals surface area contributed by atoms with E-state index >= 15 is 0 Å². The van der Waals surface area contributed by atoms with E-state index in [9.17, 15) is 27.6 Å². The number of hydrogen-bond donors (Lipinski definition) is 0. The molecule has 2 saturated carbocycles. The van der Waals surface area contributed by atoms with Crippen molar-refractivity contribution < 1.29 is 37.0 Å². The molecule has 0 radical (unpaired) electrons. The van der Waals surface area contributed by atoms with Gasteiger partial charge in [-0.1, -0.05) is 0 Å². The largest absolute Gasteiger partial charge is 0.433 e. The number of pyridine rings is 1. The van der Waals surface area contributed by atoms with Crippen molar-refractivity contribution in [3.05, 3.63) is 29.1 Å². The number of ketones is 3. The fourth-order valence-electron chi connectivity index (χ4n) is 4.36. The molecule has 3 aliphatic rings. The molecule has 0 amide bonds.